The number of rotatable bonds is 5. The standard InChI is InChI=1S/C42H27N3O/c1-2-10-28(11-3-1)29-19-21-30(22-20-29)34-14-9-15-36-35-24-23-32(42-44-38-17-4-5-18-40(38)46-42)27-39(35)45(41(34)36)33-13-8-12-31(26-33)37-16-6-7-25-43-37/h1-27H. The highest BCUT2D eigenvalue weighted by Crippen LogP contribution is 2.40. The first-order chi connectivity index (χ1) is 22.8. The fraction of sp³-hybridized carbons (Fsp3) is 0. The number of fused-ring (bicyclic) bond motifs is 4. The molecule has 0 aliphatic rings. The third-order valence-electron chi connectivity index (χ3n) is 8.70. The molecule has 6 aromatic carbocycles. The predicted octanol–water partition coefficient (Wildman–Crippen LogP) is 11.0. The number of benzene rings is 6. The number of pyridine rings is 1. The highest BCUT2D eigenvalue weighted by Gasteiger charge is 2.19. The van der Waals surface area contributed by atoms with Crippen molar-refractivity contribution >= 4 is 32.9 Å². The molecule has 0 saturated carbocycles. The van der Waals surface area contributed by atoms with E-state index < -0.39 is 0 Å². The molecular formula is C42H27N3O. The second-order valence-electron chi connectivity index (χ2n) is 11.5. The molecule has 46 heavy (non-hydrogen) atoms. The Morgan fingerprint density at radius 3 is 2.09 bits per heavy atom. The van der Waals surface area contributed by atoms with E-state index in [0.717, 1.165) is 50.2 Å². The number of aromatic nitrogens is 3. The summed E-state index contributed by atoms with van der Waals surface area (Å²) in [5.41, 5.74) is 12.6. The molecule has 0 fully saturated rings. The van der Waals surface area contributed by atoms with Crippen LogP contribution in [0.3, 0.4) is 0 Å². The van der Waals surface area contributed by atoms with Crippen molar-refractivity contribution in [3.05, 3.63) is 164 Å². The molecule has 216 valence electrons. The average molecular weight is 590 g/mol. The van der Waals surface area contributed by atoms with Gasteiger partial charge in [0.2, 0.25) is 5.89 Å². The van der Waals surface area contributed by atoms with Crippen molar-refractivity contribution in [3.8, 4) is 50.7 Å². The van der Waals surface area contributed by atoms with Crippen LogP contribution in [0, 0.1) is 0 Å². The molecule has 4 heteroatoms. The molecule has 9 rings (SSSR count). The maximum Gasteiger partial charge on any atom is 0.227 e. The number of para-hydroxylation sites is 3. The van der Waals surface area contributed by atoms with E-state index >= 15 is 0 Å². The van der Waals surface area contributed by atoms with Gasteiger partial charge in [0.25, 0.3) is 0 Å². The van der Waals surface area contributed by atoms with E-state index in [2.05, 4.69) is 131 Å². The van der Waals surface area contributed by atoms with Crippen molar-refractivity contribution in [2.24, 2.45) is 0 Å². The van der Waals surface area contributed by atoms with Crippen LogP contribution in [0.25, 0.3) is 83.6 Å². The largest absolute Gasteiger partial charge is 0.436 e. The molecule has 0 aliphatic carbocycles. The maximum atomic E-state index is 6.21. The Morgan fingerprint density at radius 1 is 0.500 bits per heavy atom. The first-order valence-corrected chi connectivity index (χ1v) is 15.4. The third kappa shape index (κ3) is 4.39. The molecule has 0 atom stereocenters. The molecule has 0 saturated heterocycles. The van der Waals surface area contributed by atoms with E-state index in [0.29, 0.717) is 5.89 Å². The van der Waals surface area contributed by atoms with Gasteiger partial charge in [-0.15, -0.1) is 0 Å². The van der Waals surface area contributed by atoms with E-state index in [1.807, 2.05) is 42.6 Å². The maximum absolute atomic E-state index is 6.21. The molecule has 4 nitrogen and oxygen atoms in total. The van der Waals surface area contributed by atoms with E-state index in [4.69, 9.17) is 9.40 Å². The Balaban J connectivity index is 1.29. The van der Waals surface area contributed by atoms with Crippen LogP contribution in [0.4, 0.5) is 0 Å². The highest BCUT2D eigenvalue weighted by atomic mass is 16.3. The van der Waals surface area contributed by atoms with Crippen molar-refractivity contribution in [1.82, 2.24) is 14.5 Å². The zero-order valence-electron chi connectivity index (χ0n) is 24.8. The van der Waals surface area contributed by atoms with Gasteiger partial charge in [-0.2, -0.15) is 0 Å². The van der Waals surface area contributed by atoms with Crippen LogP contribution in [0.1, 0.15) is 0 Å². The molecule has 0 N–H and O–H groups in total. The number of oxazole rings is 1. The Kier molecular flexibility index (Phi) is 6.10. The van der Waals surface area contributed by atoms with Gasteiger partial charge in [0.05, 0.1) is 16.7 Å². The minimum atomic E-state index is 0.610. The Labute approximate surface area is 265 Å². The third-order valence-corrected chi connectivity index (χ3v) is 8.70. The van der Waals surface area contributed by atoms with Crippen molar-refractivity contribution < 1.29 is 4.42 Å². The molecule has 3 heterocycles. The van der Waals surface area contributed by atoms with Gasteiger partial charge < -0.3 is 8.98 Å². The lowest BCUT2D eigenvalue weighted by Gasteiger charge is -2.13. The fourth-order valence-corrected chi connectivity index (χ4v) is 6.51. The molecule has 0 spiro atoms. The zero-order chi connectivity index (χ0) is 30.5. The van der Waals surface area contributed by atoms with Gasteiger partial charge >= 0.3 is 0 Å². The molecule has 0 unspecified atom stereocenters. The van der Waals surface area contributed by atoms with E-state index in [1.54, 1.807) is 0 Å². The summed E-state index contributed by atoms with van der Waals surface area (Å²) in [4.78, 5) is 9.45. The summed E-state index contributed by atoms with van der Waals surface area (Å²) < 4.78 is 8.59. The molecule has 3 aromatic heterocycles. The fourth-order valence-electron chi connectivity index (χ4n) is 6.51. The van der Waals surface area contributed by atoms with Crippen molar-refractivity contribution in [3.63, 3.8) is 0 Å². The van der Waals surface area contributed by atoms with Gasteiger partial charge in [-0.3, -0.25) is 4.98 Å². The molecule has 0 amide bonds. The van der Waals surface area contributed by atoms with Gasteiger partial charge in [0.1, 0.15) is 5.52 Å². The lowest BCUT2D eigenvalue weighted by Crippen LogP contribution is -1.97. The monoisotopic (exact) mass is 589 g/mol. The Bertz CT molecular complexity index is 2480. The van der Waals surface area contributed by atoms with E-state index in [1.165, 1.54) is 27.5 Å². The van der Waals surface area contributed by atoms with Gasteiger partial charge in [0.15, 0.2) is 5.58 Å². The number of nitrogens with zero attached hydrogens (tertiary/aromatic N) is 3. The van der Waals surface area contributed by atoms with Gasteiger partial charge in [0, 0.05) is 39.3 Å². The smallest absolute Gasteiger partial charge is 0.227 e. The molecule has 0 bridgehead atoms. The molecule has 9 aromatic rings. The van der Waals surface area contributed by atoms with Crippen LogP contribution in [-0.4, -0.2) is 14.5 Å². The second-order valence-corrected chi connectivity index (χ2v) is 11.5. The zero-order valence-corrected chi connectivity index (χ0v) is 24.8. The van der Waals surface area contributed by atoms with Gasteiger partial charge in [-0.25, -0.2) is 4.98 Å². The van der Waals surface area contributed by atoms with Crippen LogP contribution in [0.5, 0.6) is 0 Å². The van der Waals surface area contributed by atoms with Crippen LogP contribution in [0.15, 0.2) is 168 Å². The van der Waals surface area contributed by atoms with E-state index in [9.17, 15) is 0 Å². The van der Waals surface area contributed by atoms with Crippen LogP contribution in [-0.2, 0) is 0 Å². The summed E-state index contributed by atoms with van der Waals surface area (Å²) in [5.74, 6) is 0.610. The highest BCUT2D eigenvalue weighted by molar-refractivity contribution is 6.14. The van der Waals surface area contributed by atoms with E-state index in [-0.39, 0.29) is 0 Å². The van der Waals surface area contributed by atoms with Gasteiger partial charge in [-0.1, -0.05) is 109 Å². The quantitative estimate of drug-likeness (QED) is 0.201. The lowest BCUT2D eigenvalue weighted by atomic mass is 9.98. The van der Waals surface area contributed by atoms with Gasteiger partial charge in [-0.05, 0) is 65.2 Å². The van der Waals surface area contributed by atoms with Crippen molar-refractivity contribution in [2.45, 2.75) is 0 Å². The van der Waals surface area contributed by atoms with Crippen LogP contribution >= 0.6 is 0 Å². The summed E-state index contributed by atoms with van der Waals surface area (Å²) in [6.07, 6.45) is 1.84. The topological polar surface area (TPSA) is 43.9 Å². The predicted molar refractivity (Wildman–Crippen MR) is 188 cm³/mol. The Hall–Kier alpha value is -6.26. The van der Waals surface area contributed by atoms with Crippen LogP contribution < -0.4 is 0 Å². The summed E-state index contributed by atoms with van der Waals surface area (Å²) in [6, 6.07) is 55.1. The lowest BCUT2D eigenvalue weighted by molar-refractivity contribution is 0.620. The normalized spacial score (nSPS) is 11.5. The minimum absolute atomic E-state index is 0.610. The summed E-state index contributed by atoms with van der Waals surface area (Å²) in [5, 5.41) is 2.35. The molecule has 0 aliphatic heterocycles. The first kappa shape index (κ1) is 26.2. The minimum Gasteiger partial charge on any atom is -0.436 e. The number of hydrogen-bond donors (Lipinski definition) is 0. The molecular weight excluding hydrogens is 562 g/mol. The summed E-state index contributed by atoms with van der Waals surface area (Å²) in [6.45, 7) is 0. The van der Waals surface area contributed by atoms with Crippen molar-refractivity contribution in [2.75, 3.05) is 0 Å². The van der Waals surface area contributed by atoms with Crippen LogP contribution in [0.2, 0.25) is 0 Å². The summed E-state index contributed by atoms with van der Waals surface area (Å²) in [7, 11) is 0. The second kappa shape index (κ2) is 10.7. The average Bonchev–Trinajstić information content (AvgIpc) is 3.72. The van der Waals surface area contributed by atoms with Crippen molar-refractivity contribution in [1.29, 1.82) is 0 Å². The first-order valence-electron chi connectivity index (χ1n) is 15.4. The SMILES string of the molecule is c1ccc(-c2ccc(-c3cccc4c5ccc(-c6nc7ccccc7o6)cc5n(-c5cccc(-c6ccccn6)c5)c34)cc2)cc1. The Morgan fingerprint density at radius 2 is 1.24 bits per heavy atom. The summed E-state index contributed by atoms with van der Waals surface area (Å²) >= 11 is 0. The molecule has 0 radical (unpaired) electrons. The number of hydrogen-bond acceptors (Lipinski definition) is 3.